The summed E-state index contributed by atoms with van der Waals surface area (Å²) in [5.41, 5.74) is 5.12. The average Bonchev–Trinajstić information content (AvgIpc) is 3.12. The van der Waals surface area contributed by atoms with E-state index in [1.807, 2.05) is 42.7 Å². The van der Waals surface area contributed by atoms with Crippen LogP contribution in [0.3, 0.4) is 0 Å². The molecule has 0 radical (unpaired) electrons. The molecule has 0 atom stereocenters. The molecule has 1 aromatic heterocycles. The number of thioether (sulfide) groups is 1. The fourth-order valence-corrected chi connectivity index (χ4v) is 3.74. The number of carbonyl (C=O) groups excluding carboxylic acids is 1. The number of hydrogen-bond acceptors (Lipinski definition) is 6. The molecule has 0 aliphatic heterocycles. The molecule has 1 heterocycles. The lowest BCUT2D eigenvalue weighted by atomic mass is 10.1. The summed E-state index contributed by atoms with van der Waals surface area (Å²) in [6.07, 6.45) is 1.40. The highest BCUT2D eigenvalue weighted by molar-refractivity contribution is 9.10. The number of hydrogen-bond donors (Lipinski definition) is 2. The number of aromatic nitrogens is 3. The van der Waals surface area contributed by atoms with Crippen molar-refractivity contribution in [3.8, 4) is 17.1 Å². The number of carbonyl (C=O) groups is 1. The molecule has 0 spiro atoms. The summed E-state index contributed by atoms with van der Waals surface area (Å²) in [7, 11) is 0. The molecule has 0 saturated heterocycles. The number of hydrazone groups is 1. The standard InChI is InChI=1S/C20H20BrN5O2S/c1-3-26-19(14-6-4-13(2)5-7-14)24-25-20(26)29-12-18(28)23-22-11-15-10-16(21)8-9-17(15)27/h4-11,27H,3,12H2,1-2H3,(H,23,28). The Hall–Kier alpha value is -2.65. The van der Waals surface area contributed by atoms with Crippen LogP contribution in [-0.2, 0) is 11.3 Å². The Morgan fingerprint density at radius 1 is 1.28 bits per heavy atom. The molecule has 9 heteroatoms. The smallest absolute Gasteiger partial charge is 0.250 e. The van der Waals surface area contributed by atoms with E-state index in [0.29, 0.717) is 17.3 Å². The van der Waals surface area contributed by atoms with Gasteiger partial charge in [0, 0.05) is 22.1 Å². The zero-order valence-corrected chi connectivity index (χ0v) is 18.4. The van der Waals surface area contributed by atoms with E-state index in [4.69, 9.17) is 0 Å². The number of amides is 1. The fraction of sp³-hybridized carbons (Fsp3) is 0.200. The largest absolute Gasteiger partial charge is 0.507 e. The van der Waals surface area contributed by atoms with Gasteiger partial charge in [-0.05, 0) is 32.0 Å². The summed E-state index contributed by atoms with van der Waals surface area (Å²) in [5.74, 6) is 0.732. The van der Waals surface area contributed by atoms with Crippen molar-refractivity contribution in [1.82, 2.24) is 20.2 Å². The number of aryl methyl sites for hydroxylation is 1. The monoisotopic (exact) mass is 473 g/mol. The Morgan fingerprint density at radius 2 is 2.03 bits per heavy atom. The molecule has 2 N–H and O–H groups in total. The Bertz CT molecular complexity index is 1030. The number of rotatable bonds is 7. The lowest BCUT2D eigenvalue weighted by Crippen LogP contribution is -2.20. The van der Waals surface area contributed by atoms with Crippen molar-refractivity contribution in [1.29, 1.82) is 0 Å². The quantitative estimate of drug-likeness (QED) is 0.307. The summed E-state index contributed by atoms with van der Waals surface area (Å²) >= 11 is 4.62. The second-order valence-corrected chi connectivity index (χ2v) is 8.06. The highest BCUT2D eigenvalue weighted by atomic mass is 79.9. The van der Waals surface area contributed by atoms with Gasteiger partial charge in [-0.1, -0.05) is 57.5 Å². The minimum Gasteiger partial charge on any atom is -0.507 e. The molecule has 150 valence electrons. The zero-order valence-electron chi connectivity index (χ0n) is 16.0. The molecular formula is C20H20BrN5O2S. The Labute approximate surface area is 181 Å². The van der Waals surface area contributed by atoms with Crippen molar-refractivity contribution in [3.63, 3.8) is 0 Å². The van der Waals surface area contributed by atoms with Gasteiger partial charge in [0.05, 0.1) is 12.0 Å². The first-order valence-corrected chi connectivity index (χ1v) is 10.7. The van der Waals surface area contributed by atoms with Crippen molar-refractivity contribution in [2.75, 3.05) is 5.75 Å². The van der Waals surface area contributed by atoms with Gasteiger partial charge in [0.25, 0.3) is 5.91 Å². The highest BCUT2D eigenvalue weighted by Gasteiger charge is 2.14. The molecule has 7 nitrogen and oxygen atoms in total. The highest BCUT2D eigenvalue weighted by Crippen LogP contribution is 2.24. The predicted octanol–water partition coefficient (Wildman–Crippen LogP) is 3.98. The van der Waals surface area contributed by atoms with E-state index in [-0.39, 0.29) is 17.4 Å². The van der Waals surface area contributed by atoms with Crippen molar-refractivity contribution < 1.29 is 9.90 Å². The third kappa shape index (κ3) is 5.45. The third-order valence-corrected chi connectivity index (χ3v) is 5.52. The third-order valence-electron chi connectivity index (χ3n) is 4.06. The van der Waals surface area contributed by atoms with Crippen molar-refractivity contribution in [3.05, 3.63) is 58.1 Å². The van der Waals surface area contributed by atoms with Crippen LogP contribution in [0.2, 0.25) is 0 Å². The van der Waals surface area contributed by atoms with Crippen molar-refractivity contribution in [2.24, 2.45) is 5.10 Å². The molecule has 0 bridgehead atoms. The molecule has 1 amide bonds. The first-order valence-electron chi connectivity index (χ1n) is 8.91. The molecule has 0 saturated carbocycles. The summed E-state index contributed by atoms with van der Waals surface area (Å²) in [6.45, 7) is 4.75. The zero-order chi connectivity index (χ0) is 20.8. The van der Waals surface area contributed by atoms with Crippen molar-refractivity contribution in [2.45, 2.75) is 25.5 Å². The Morgan fingerprint density at radius 3 is 2.76 bits per heavy atom. The number of aromatic hydroxyl groups is 1. The van der Waals surface area contributed by atoms with E-state index in [2.05, 4.69) is 36.7 Å². The summed E-state index contributed by atoms with van der Waals surface area (Å²) in [5, 5.41) is 22.9. The van der Waals surface area contributed by atoms with E-state index in [1.165, 1.54) is 23.5 Å². The van der Waals surface area contributed by atoms with Gasteiger partial charge in [0.2, 0.25) is 0 Å². The second kappa shape index (κ2) is 9.71. The maximum Gasteiger partial charge on any atom is 0.250 e. The van der Waals surface area contributed by atoms with Gasteiger partial charge < -0.3 is 9.67 Å². The molecule has 0 fully saturated rings. The maximum absolute atomic E-state index is 12.1. The van der Waals surface area contributed by atoms with Gasteiger partial charge in [0.1, 0.15) is 5.75 Å². The molecule has 0 aliphatic rings. The second-order valence-electron chi connectivity index (χ2n) is 6.20. The average molecular weight is 474 g/mol. The number of phenolic OH excluding ortho intramolecular Hbond substituents is 1. The van der Waals surface area contributed by atoms with E-state index in [1.54, 1.807) is 18.2 Å². The molecular weight excluding hydrogens is 454 g/mol. The van der Waals surface area contributed by atoms with E-state index in [0.717, 1.165) is 15.9 Å². The van der Waals surface area contributed by atoms with Crippen molar-refractivity contribution >= 4 is 39.8 Å². The van der Waals surface area contributed by atoms with E-state index in [9.17, 15) is 9.90 Å². The maximum atomic E-state index is 12.1. The van der Waals surface area contributed by atoms with E-state index < -0.39 is 0 Å². The lowest BCUT2D eigenvalue weighted by molar-refractivity contribution is -0.118. The number of benzene rings is 2. The van der Waals surface area contributed by atoms with Gasteiger partial charge in [-0.25, -0.2) is 5.43 Å². The van der Waals surface area contributed by atoms with Gasteiger partial charge >= 0.3 is 0 Å². The lowest BCUT2D eigenvalue weighted by Gasteiger charge is -2.07. The molecule has 2 aromatic carbocycles. The van der Waals surface area contributed by atoms with Gasteiger partial charge in [-0.15, -0.1) is 10.2 Å². The van der Waals surface area contributed by atoms with Crippen LogP contribution in [0.5, 0.6) is 5.75 Å². The Balaban J connectivity index is 1.61. The van der Waals surface area contributed by atoms with Gasteiger partial charge in [-0.3, -0.25) is 4.79 Å². The first-order chi connectivity index (χ1) is 14.0. The van der Waals surface area contributed by atoms with Crippen LogP contribution in [0.4, 0.5) is 0 Å². The first kappa shape index (κ1) is 21.1. The Kier molecular flexibility index (Phi) is 7.05. The summed E-state index contributed by atoms with van der Waals surface area (Å²) < 4.78 is 2.78. The van der Waals surface area contributed by atoms with Gasteiger partial charge in [0.15, 0.2) is 11.0 Å². The topological polar surface area (TPSA) is 92.4 Å². The number of halogens is 1. The normalized spacial score (nSPS) is 11.1. The van der Waals surface area contributed by atoms with Crippen LogP contribution in [-0.4, -0.2) is 37.7 Å². The van der Waals surface area contributed by atoms with Crippen LogP contribution in [0.1, 0.15) is 18.1 Å². The summed E-state index contributed by atoms with van der Waals surface area (Å²) in [4.78, 5) is 12.1. The number of nitrogens with one attached hydrogen (secondary N) is 1. The SMILES string of the molecule is CCn1c(SCC(=O)NN=Cc2cc(Br)ccc2O)nnc1-c1ccc(C)cc1. The van der Waals surface area contributed by atoms with Crippen LogP contribution < -0.4 is 5.43 Å². The van der Waals surface area contributed by atoms with Crippen LogP contribution >= 0.6 is 27.7 Å². The molecule has 29 heavy (non-hydrogen) atoms. The predicted molar refractivity (Wildman–Crippen MR) is 118 cm³/mol. The number of nitrogens with zero attached hydrogens (tertiary/aromatic N) is 4. The molecule has 3 aromatic rings. The van der Waals surface area contributed by atoms with Gasteiger partial charge in [-0.2, -0.15) is 5.10 Å². The van der Waals surface area contributed by atoms with E-state index >= 15 is 0 Å². The summed E-state index contributed by atoms with van der Waals surface area (Å²) in [6, 6.07) is 13.1. The molecule has 0 aliphatic carbocycles. The minimum atomic E-state index is -0.275. The molecule has 0 unspecified atom stereocenters. The molecule has 3 rings (SSSR count). The van der Waals surface area contributed by atoms with Crippen LogP contribution in [0, 0.1) is 6.92 Å². The van der Waals surface area contributed by atoms with Crippen LogP contribution in [0.25, 0.3) is 11.4 Å². The number of phenols is 1. The fourth-order valence-electron chi connectivity index (χ4n) is 2.56. The minimum absolute atomic E-state index is 0.0836. The van der Waals surface area contributed by atoms with Crippen LogP contribution in [0.15, 0.2) is 57.2 Å².